The van der Waals surface area contributed by atoms with E-state index in [9.17, 15) is 0 Å². The third-order valence-electron chi connectivity index (χ3n) is 3.21. The average Bonchev–Trinajstić information content (AvgIpc) is 2.48. The van der Waals surface area contributed by atoms with Gasteiger partial charge in [0.05, 0.1) is 12.5 Å². The van der Waals surface area contributed by atoms with E-state index in [0.29, 0.717) is 18.1 Å². The molecule has 0 atom stereocenters. The van der Waals surface area contributed by atoms with E-state index in [4.69, 9.17) is 16.9 Å². The van der Waals surface area contributed by atoms with E-state index in [1.54, 1.807) is 0 Å². The Hall–Kier alpha value is -2.12. The Morgan fingerprint density at radius 3 is 2.50 bits per heavy atom. The molecule has 1 heterocycles. The molecule has 0 aliphatic rings. The minimum absolute atomic E-state index is 0.414. The van der Waals surface area contributed by atoms with Crippen LogP contribution in [-0.2, 0) is 0 Å². The highest BCUT2D eigenvalue weighted by molar-refractivity contribution is 6.30. The summed E-state index contributed by atoms with van der Waals surface area (Å²) in [6, 6.07) is 12.0. The van der Waals surface area contributed by atoms with Crippen LogP contribution in [0.5, 0.6) is 0 Å². The van der Waals surface area contributed by atoms with Crippen molar-refractivity contribution >= 4 is 23.1 Å². The van der Waals surface area contributed by atoms with E-state index in [-0.39, 0.29) is 0 Å². The molecule has 20 heavy (non-hydrogen) atoms. The van der Waals surface area contributed by atoms with Gasteiger partial charge in [0.25, 0.3) is 0 Å². The van der Waals surface area contributed by atoms with Gasteiger partial charge in [-0.3, -0.25) is 0 Å². The molecule has 5 heteroatoms. The molecule has 0 fully saturated rings. The maximum atomic E-state index is 8.84. The van der Waals surface area contributed by atoms with Gasteiger partial charge in [0.15, 0.2) is 11.0 Å². The lowest BCUT2D eigenvalue weighted by molar-refractivity contribution is 0.880. The molecular weight excluding hydrogens is 272 g/mol. The fourth-order valence-corrected chi connectivity index (χ4v) is 2.13. The first-order valence-electron chi connectivity index (χ1n) is 6.34. The van der Waals surface area contributed by atoms with E-state index < -0.39 is 0 Å². The molecule has 102 valence electrons. The number of para-hydroxylation sites is 1. The Morgan fingerprint density at radius 1 is 1.15 bits per heavy atom. The van der Waals surface area contributed by atoms with Gasteiger partial charge in [-0.25, -0.2) is 0 Å². The molecule has 4 nitrogen and oxygen atoms in total. The highest BCUT2D eigenvalue weighted by atomic mass is 35.5. The van der Waals surface area contributed by atoms with Gasteiger partial charge in [0.2, 0.25) is 0 Å². The summed E-state index contributed by atoms with van der Waals surface area (Å²) < 4.78 is 0. The van der Waals surface area contributed by atoms with Crippen LogP contribution in [0.25, 0.3) is 0 Å². The number of hydrogen-bond donors (Lipinski definition) is 0. The standard InChI is InChI=1S/C15H15ClN4/c1-11-12(2)15(19-18-14(11)16)20(10-6-9-17)13-7-4-3-5-8-13/h3-5,7-8H,6,10H2,1-2H3. The SMILES string of the molecule is Cc1c(Cl)nnc(N(CCC#N)c2ccccc2)c1C. The number of nitriles is 1. The van der Waals surface area contributed by atoms with Crippen LogP contribution in [0.1, 0.15) is 17.5 Å². The number of nitrogens with zero attached hydrogens (tertiary/aromatic N) is 4. The van der Waals surface area contributed by atoms with E-state index >= 15 is 0 Å². The average molecular weight is 287 g/mol. The van der Waals surface area contributed by atoms with E-state index in [1.807, 2.05) is 49.1 Å². The van der Waals surface area contributed by atoms with Gasteiger partial charge in [0, 0.05) is 12.2 Å². The summed E-state index contributed by atoms with van der Waals surface area (Å²) in [5.41, 5.74) is 2.88. The zero-order chi connectivity index (χ0) is 14.5. The van der Waals surface area contributed by atoms with Crippen molar-refractivity contribution in [1.29, 1.82) is 5.26 Å². The summed E-state index contributed by atoms with van der Waals surface area (Å²) in [6.07, 6.45) is 0.414. The summed E-state index contributed by atoms with van der Waals surface area (Å²) in [5, 5.41) is 17.4. The minimum Gasteiger partial charge on any atom is -0.324 e. The summed E-state index contributed by atoms with van der Waals surface area (Å²) >= 11 is 6.00. The predicted molar refractivity (Wildman–Crippen MR) is 80.2 cm³/mol. The molecule has 0 unspecified atom stereocenters. The van der Waals surface area contributed by atoms with Crippen molar-refractivity contribution in [3.05, 3.63) is 46.6 Å². The predicted octanol–water partition coefficient (Wildman–Crippen LogP) is 3.80. The van der Waals surface area contributed by atoms with Crippen LogP contribution in [0.15, 0.2) is 30.3 Å². The second-order valence-corrected chi connectivity index (χ2v) is 4.82. The Kier molecular flexibility index (Phi) is 4.54. The quantitative estimate of drug-likeness (QED) is 0.858. The molecule has 0 aliphatic carbocycles. The summed E-state index contributed by atoms with van der Waals surface area (Å²) in [4.78, 5) is 1.99. The Labute approximate surface area is 123 Å². The topological polar surface area (TPSA) is 52.8 Å². The largest absolute Gasteiger partial charge is 0.324 e. The van der Waals surface area contributed by atoms with Gasteiger partial charge in [-0.2, -0.15) is 5.26 Å². The van der Waals surface area contributed by atoms with Crippen molar-refractivity contribution in [2.45, 2.75) is 20.3 Å². The first-order valence-corrected chi connectivity index (χ1v) is 6.72. The number of hydrogen-bond acceptors (Lipinski definition) is 4. The third-order valence-corrected chi connectivity index (χ3v) is 3.57. The van der Waals surface area contributed by atoms with E-state index in [0.717, 1.165) is 22.6 Å². The van der Waals surface area contributed by atoms with Crippen molar-refractivity contribution < 1.29 is 0 Å². The van der Waals surface area contributed by atoms with Crippen LogP contribution < -0.4 is 4.90 Å². The monoisotopic (exact) mass is 286 g/mol. The van der Waals surface area contributed by atoms with Gasteiger partial charge in [-0.1, -0.05) is 29.8 Å². The fraction of sp³-hybridized carbons (Fsp3) is 0.267. The molecule has 0 N–H and O–H groups in total. The van der Waals surface area contributed by atoms with Crippen LogP contribution in [0.3, 0.4) is 0 Å². The maximum absolute atomic E-state index is 8.84. The second-order valence-electron chi connectivity index (χ2n) is 4.46. The molecular formula is C15H15ClN4. The van der Waals surface area contributed by atoms with Crippen molar-refractivity contribution in [3.63, 3.8) is 0 Å². The first-order chi connectivity index (χ1) is 9.65. The van der Waals surface area contributed by atoms with Crippen LogP contribution >= 0.6 is 11.6 Å². The van der Waals surface area contributed by atoms with Crippen LogP contribution in [-0.4, -0.2) is 16.7 Å². The molecule has 0 spiro atoms. The number of anilines is 2. The van der Waals surface area contributed by atoms with Gasteiger partial charge in [-0.05, 0) is 37.1 Å². The molecule has 0 bridgehead atoms. The lowest BCUT2D eigenvalue weighted by Crippen LogP contribution is -2.21. The lowest BCUT2D eigenvalue weighted by atomic mass is 10.1. The molecule has 0 saturated heterocycles. The van der Waals surface area contributed by atoms with Gasteiger partial charge < -0.3 is 4.90 Å². The highest BCUT2D eigenvalue weighted by Crippen LogP contribution is 2.29. The number of halogens is 1. The summed E-state index contributed by atoms with van der Waals surface area (Å²) in [5.74, 6) is 0.744. The van der Waals surface area contributed by atoms with Crippen molar-refractivity contribution in [2.75, 3.05) is 11.4 Å². The molecule has 0 amide bonds. The summed E-state index contributed by atoms with van der Waals surface area (Å²) in [6.45, 7) is 4.45. The summed E-state index contributed by atoms with van der Waals surface area (Å²) in [7, 11) is 0. The van der Waals surface area contributed by atoms with Crippen LogP contribution in [0.4, 0.5) is 11.5 Å². The van der Waals surface area contributed by atoms with Crippen molar-refractivity contribution in [2.24, 2.45) is 0 Å². The third kappa shape index (κ3) is 2.89. The van der Waals surface area contributed by atoms with Gasteiger partial charge in [-0.15, -0.1) is 10.2 Å². The number of aromatic nitrogens is 2. The molecule has 0 aliphatic heterocycles. The van der Waals surface area contributed by atoms with Crippen LogP contribution in [0, 0.1) is 25.2 Å². The maximum Gasteiger partial charge on any atom is 0.159 e. The van der Waals surface area contributed by atoms with E-state index in [1.165, 1.54) is 0 Å². The van der Waals surface area contributed by atoms with E-state index in [2.05, 4.69) is 16.3 Å². The first kappa shape index (κ1) is 14.3. The molecule has 0 saturated carbocycles. The molecule has 1 aromatic heterocycles. The fourth-order valence-electron chi connectivity index (χ4n) is 1.95. The van der Waals surface area contributed by atoms with Gasteiger partial charge >= 0.3 is 0 Å². The zero-order valence-electron chi connectivity index (χ0n) is 11.5. The lowest BCUT2D eigenvalue weighted by Gasteiger charge is -2.24. The highest BCUT2D eigenvalue weighted by Gasteiger charge is 2.16. The Bertz CT molecular complexity index is 634. The molecule has 2 aromatic rings. The number of rotatable bonds is 4. The Balaban J connectivity index is 2.47. The van der Waals surface area contributed by atoms with Crippen molar-refractivity contribution in [3.8, 4) is 6.07 Å². The normalized spacial score (nSPS) is 10.1. The molecule has 2 rings (SSSR count). The number of benzene rings is 1. The molecule has 1 aromatic carbocycles. The van der Waals surface area contributed by atoms with Crippen LogP contribution in [0.2, 0.25) is 5.15 Å². The second kappa shape index (κ2) is 6.36. The minimum atomic E-state index is 0.414. The Morgan fingerprint density at radius 2 is 1.85 bits per heavy atom. The smallest absolute Gasteiger partial charge is 0.159 e. The molecule has 0 radical (unpaired) electrons. The zero-order valence-corrected chi connectivity index (χ0v) is 12.2. The van der Waals surface area contributed by atoms with Gasteiger partial charge in [0.1, 0.15) is 0 Å². The van der Waals surface area contributed by atoms with Crippen molar-refractivity contribution in [1.82, 2.24) is 10.2 Å².